The van der Waals surface area contributed by atoms with Gasteiger partial charge in [0.1, 0.15) is 0 Å². The lowest BCUT2D eigenvalue weighted by molar-refractivity contribution is -0.119. The van der Waals surface area contributed by atoms with Crippen molar-refractivity contribution in [2.75, 3.05) is 6.54 Å². The van der Waals surface area contributed by atoms with E-state index in [1.165, 1.54) is 0 Å². The normalized spacial score (nSPS) is 11.6. The van der Waals surface area contributed by atoms with Crippen molar-refractivity contribution in [3.8, 4) is 0 Å². The molecule has 0 heterocycles. The van der Waals surface area contributed by atoms with E-state index in [1.54, 1.807) is 0 Å². The standard InChI is InChI=1S/C20H25N3O2/c1-2-9-18(17-12-7-4-8-13-17)21-15-19(24)23-20(25)22-14-16-10-5-3-6-11-16/h3-8,10-13,18,21H,2,9,14-15H2,1H3,(H2,22,23,24,25)/t18-/m1/s1. The Morgan fingerprint density at radius 3 is 2.24 bits per heavy atom. The molecule has 2 rings (SSSR count). The predicted octanol–water partition coefficient (Wildman–Crippen LogP) is 3.14. The fraction of sp³-hybridized carbons (Fsp3) is 0.300. The Kier molecular flexibility index (Phi) is 7.66. The third-order valence-electron chi connectivity index (χ3n) is 3.84. The first-order chi connectivity index (χ1) is 12.2. The monoisotopic (exact) mass is 339 g/mol. The number of amides is 3. The number of hydrogen-bond acceptors (Lipinski definition) is 3. The molecule has 0 unspecified atom stereocenters. The zero-order chi connectivity index (χ0) is 17.9. The molecule has 0 bridgehead atoms. The summed E-state index contributed by atoms with van der Waals surface area (Å²) in [6.07, 6.45) is 1.93. The quantitative estimate of drug-likeness (QED) is 0.692. The van der Waals surface area contributed by atoms with Crippen LogP contribution >= 0.6 is 0 Å². The maximum Gasteiger partial charge on any atom is 0.321 e. The second-order valence-corrected chi connectivity index (χ2v) is 5.85. The van der Waals surface area contributed by atoms with Crippen LogP contribution in [0.25, 0.3) is 0 Å². The predicted molar refractivity (Wildman–Crippen MR) is 98.9 cm³/mol. The van der Waals surface area contributed by atoms with Crippen molar-refractivity contribution in [1.82, 2.24) is 16.0 Å². The van der Waals surface area contributed by atoms with Crippen LogP contribution in [0.15, 0.2) is 60.7 Å². The largest absolute Gasteiger partial charge is 0.334 e. The topological polar surface area (TPSA) is 70.2 Å². The van der Waals surface area contributed by atoms with Crippen LogP contribution in [0, 0.1) is 0 Å². The Bertz CT molecular complexity index is 659. The molecule has 5 nitrogen and oxygen atoms in total. The van der Waals surface area contributed by atoms with E-state index in [0.29, 0.717) is 6.54 Å². The highest BCUT2D eigenvalue weighted by Gasteiger charge is 2.13. The molecule has 25 heavy (non-hydrogen) atoms. The van der Waals surface area contributed by atoms with Crippen molar-refractivity contribution in [2.45, 2.75) is 32.4 Å². The van der Waals surface area contributed by atoms with Gasteiger partial charge in [-0.1, -0.05) is 74.0 Å². The lowest BCUT2D eigenvalue weighted by Crippen LogP contribution is -2.43. The van der Waals surface area contributed by atoms with Crippen molar-refractivity contribution >= 4 is 11.9 Å². The number of rotatable bonds is 8. The van der Waals surface area contributed by atoms with Crippen molar-refractivity contribution in [3.05, 3.63) is 71.8 Å². The van der Waals surface area contributed by atoms with Crippen molar-refractivity contribution < 1.29 is 9.59 Å². The van der Waals surface area contributed by atoms with Crippen LogP contribution in [-0.4, -0.2) is 18.5 Å². The highest BCUT2D eigenvalue weighted by molar-refractivity contribution is 5.95. The molecule has 2 aromatic rings. The second kappa shape index (κ2) is 10.3. The van der Waals surface area contributed by atoms with Crippen molar-refractivity contribution in [1.29, 1.82) is 0 Å². The minimum atomic E-state index is -0.484. The lowest BCUT2D eigenvalue weighted by atomic mass is 10.0. The van der Waals surface area contributed by atoms with E-state index in [1.807, 2.05) is 60.7 Å². The summed E-state index contributed by atoms with van der Waals surface area (Å²) in [6, 6.07) is 19.2. The smallest absolute Gasteiger partial charge is 0.321 e. The molecule has 5 heteroatoms. The highest BCUT2D eigenvalue weighted by atomic mass is 16.2. The zero-order valence-corrected chi connectivity index (χ0v) is 14.5. The van der Waals surface area contributed by atoms with Crippen molar-refractivity contribution in [2.24, 2.45) is 0 Å². The number of carbonyl (C=O) groups is 2. The van der Waals surface area contributed by atoms with E-state index in [2.05, 4.69) is 22.9 Å². The zero-order valence-electron chi connectivity index (χ0n) is 14.5. The minimum Gasteiger partial charge on any atom is -0.334 e. The van der Waals surface area contributed by atoms with Gasteiger partial charge in [0.25, 0.3) is 0 Å². The Morgan fingerprint density at radius 1 is 0.960 bits per heavy atom. The average molecular weight is 339 g/mol. The summed E-state index contributed by atoms with van der Waals surface area (Å²) in [7, 11) is 0. The number of imide groups is 1. The fourth-order valence-corrected chi connectivity index (χ4v) is 2.57. The summed E-state index contributed by atoms with van der Waals surface area (Å²) in [5, 5.41) is 8.25. The highest BCUT2D eigenvalue weighted by Crippen LogP contribution is 2.17. The van der Waals surface area contributed by atoms with Crippen LogP contribution in [0.2, 0.25) is 0 Å². The van der Waals surface area contributed by atoms with E-state index >= 15 is 0 Å². The Hall–Kier alpha value is -2.66. The van der Waals surface area contributed by atoms with Crippen molar-refractivity contribution in [3.63, 3.8) is 0 Å². The molecule has 0 aromatic heterocycles. The SMILES string of the molecule is CCC[C@@H](NCC(=O)NC(=O)NCc1ccccc1)c1ccccc1. The Morgan fingerprint density at radius 2 is 1.60 bits per heavy atom. The van der Waals surface area contributed by atoms with Gasteiger partial charge >= 0.3 is 6.03 Å². The maximum absolute atomic E-state index is 12.0. The molecule has 3 amide bonds. The van der Waals surface area contributed by atoms with Crippen LogP contribution in [0.4, 0.5) is 4.79 Å². The molecule has 132 valence electrons. The van der Waals surface area contributed by atoms with Gasteiger partial charge in [-0.15, -0.1) is 0 Å². The van der Waals surface area contributed by atoms with Crippen LogP contribution in [0.1, 0.15) is 36.9 Å². The van der Waals surface area contributed by atoms with Crippen LogP contribution in [0.5, 0.6) is 0 Å². The van der Waals surface area contributed by atoms with Gasteiger partial charge in [-0.3, -0.25) is 10.1 Å². The molecule has 0 aliphatic heterocycles. The summed E-state index contributed by atoms with van der Waals surface area (Å²) in [5.74, 6) is -0.345. The van der Waals surface area contributed by atoms with Crippen LogP contribution in [-0.2, 0) is 11.3 Å². The van der Waals surface area contributed by atoms with Gasteiger partial charge in [-0.25, -0.2) is 4.79 Å². The van der Waals surface area contributed by atoms with E-state index in [4.69, 9.17) is 0 Å². The molecule has 0 saturated heterocycles. The number of nitrogens with one attached hydrogen (secondary N) is 3. The van der Waals surface area contributed by atoms with Crippen LogP contribution in [0.3, 0.4) is 0 Å². The van der Waals surface area contributed by atoms with E-state index in [-0.39, 0.29) is 18.5 Å². The lowest BCUT2D eigenvalue weighted by Gasteiger charge is -2.18. The van der Waals surface area contributed by atoms with Gasteiger partial charge in [-0.2, -0.15) is 0 Å². The summed E-state index contributed by atoms with van der Waals surface area (Å²) < 4.78 is 0. The van der Waals surface area contributed by atoms with Gasteiger partial charge in [-0.05, 0) is 17.5 Å². The van der Waals surface area contributed by atoms with Gasteiger partial charge in [0.15, 0.2) is 0 Å². The molecule has 0 saturated carbocycles. The van der Waals surface area contributed by atoms with Crippen LogP contribution < -0.4 is 16.0 Å². The Labute approximate surface area is 148 Å². The summed E-state index contributed by atoms with van der Waals surface area (Å²) in [6.45, 7) is 2.59. The van der Waals surface area contributed by atoms with Gasteiger partial charge in [0, 0.05) is 12.6 Å². The molecule has 0 radical (unpaired) electrons. The number of urea groups is 1. The van der Waals surface area contributed by atoms with Gasteiger partial charge < -0.3 is 10.6 Å². The van der Waals surface area contributed by atoms with Gasteiger partial charge in [0.05, 0.1) is 6.54 Å². The maximum atomic E-state index is 12.0. The first kappa shape index (κ1) is 18.7. The van der Waals surface area contributed by atoms with E-state index in [9.17, 15) is 9.59 Å². The Balaban J connectivity index is 1.75. The molecular formula is C20H25N3O2. The second-order valence-electron chi connectivity index (χ2n) is 5.85. The third kappa shape index (κ3) is 6.77. The number of hydrogen-bond donors (Lipinski definition) is 3. The average Bonchev–Trinajstić information content (AvgIpc) is 2.65. The first-order valence-corrected chi connectivity index (χ1v) is 8.59. The fourth-order valence-electron chi connectivity index (χ4n) is 2.57. The molecule has 0 fully saturated rings. The molecule has 0 aliphatic rings. The summed E-state index contributed by atoms with van der Waals surface area (Å²) in [5.41, 5.74) is 2.13. The summed E-state index contributed by atoms with van der Waals surface area (Å²) >= 11 is 0. The third-order valence-corrected chi connectivity index (χ3v) is 3.84. The van der Waals surface area contributed by atoms with Gasteiger partial charge in [0.2, 0.25) is 5.91 Å². The molecule has 0 spiro atoms. The van der Waals surface area contributed by atoms with E-state index in [0.717, 1.165) is 24.0 Å². The number of benzene rings is 2. The summed E-state index contributed by atoms with van der Waals surface area (Å²) in [4.78, 5) is 23.8. The minimum absolute atomic E-state index is 0.0956. The molecule has 0 aliphatic carbocycles. The molecular weight excluding hydrogens is 314 g/mol. The molecule has 2 aromatic carbocycles. The molecule has 1 atom stereocenters. The van der Waals surface area contributed by atoms with E-state index < -0.39 is 6.03 Å². The number of carbonyl (C=O) groups excluding carboxylic acids is 2. The first-order valence-electron chi connectivity index (χ1n) is 8.59. The molecule has 3 N–H and O–H groups in total.